The van der Waals surface area contributed by atoms with Gasteiger partial charge >= 0.3 is 5.97 Å². The van der Waals surface area contributed by atoms with Crippen molar-refractivity contribution in [3.05, 3.63) is 24.3 Å². The van der Waals surface area contributed by atoms with Gasteiger partial charge in [-0.25, -0.2) is 0 Å². The lowest BCUT2D eigenvalue weighted by Crippen LogP contribution is -2.29. The number of hydrogen-bond donors (Lipinski definition) is 3. The minimum atomic E-state index is -0.819. The van der Waals surface area contributed by atoms with Crippen LogP contribution in [0, 0.1) is 0 Å². The van der Waals surface area contributed by atoms with Gasteiger partial charge in [-0.3, -0.25) is 9.59 Å². The van der Waals surface area contributed by atoms with Crippen LogP contribution in [-0.4, -0.2) is 36.3 Å². The van der Waals surface area contributed by atoms with Gasteiger partial charge in [0.1, 0.15) is 0 Å². The van der Waals surface area contributed by atoms with Gasteiger partial charge in [-0.15, -0.1) is 11.8 Å². The molecule has 1 aromatic carbocycles. The summed E-state index contributed by atoms with van der Waals surface area (Å²) in [6.07, 6.45) is 2.59. The lowest BCUT2D eigenvalue weighted by Gasteiger charge is -2.09. The van der Waals surface area contributed by atoms with Crippen molar-refractivity contribution in [2.45, 2.75) is 17.7 Å². The molecule has 0 bridgehead atoms. The number of thioether (sulfide) groups is 1. The van der Waals surface area contributed by atoms with E-state index in [1.165, 1.54) is 0 Å². The van der Waals surface area contributed by atoms with Crippen LogP contribution in [0.4, 0.5) is 5.69 Å². The number of carboxylic acid groups (broad SMARTS) is 1. The summed E-state index contributed by atoms with van der Waals surface area (Å²) >= 11 is 1.57. The number of amides is 1. The van der Waals surface area contributed by atoms with Gasteiger partial charge in [-0.05, 0) is 31.4 Å². The van der Waals surface area contributed by atoms with E-state index in [2.05, 4.69) is 10.6 Å². The summed E-state index contributed by atoms with van der Waals surface area (Å²) in [4.78, 5) is 23.0. The normalized spacial score (nSPS) is 10.2. The highest BCUT2D eigenvalue weighted by molar-refractivity contribution is 7.98. The van der Waals surface area contributed by atoms with Gasteiger partial charge in [-0.1, -0.05) is 12.1 Å². The molecule has 1 rings (SSSR count). The lowest BCUT2D eigenvalue weighted by molar-refractivity contribution is -0.137. The Labute approximate surface area is 116 Å². The number of carboxylic acids is 1. The molecule has 6 heteroatoms. The zero-order chi connectivity index (χ0) is 14.1. The van der Waals surface area contributed by atoms with Crippen LogP contribution in [0.1, 0.15) is 12.8 Å². The second-order valence-corrected chi connectivity index (χ2v) is 4.77. The molecule has 1 amide bonds. The third kappa shape index (κ3) is 6.26. The molecule has 0 radical (unpaired) electrons. The number of rotatable bonds is 8. The van der Waals surface area contributed by atoms with Crippen LogP contribution in [0.3, 0.4) is 0 Å². The number of para-hydroxylation sites is 1. The Hall–Kier alpha value is -1.53. The molecule has 0 spiro atoms. The average Bonchev–Trinajstić information content (AvgIpc) is 2.38. The van der Waals surface area contributed by atoms with Crippen LogP contribution in [0.15, 0.2) is 29.2 Å². The molecule has 0 aliphatic heterocycles. The van der Waals surface area contributed by atoms with Crippen molar-refractivity contribution in [1.29, 1.82) is 0 Å². The molecule has 0 aromatic heterocycles. The van der Waals surface area contributed by atoms with E-state index in [1.54, 1.807) is 11.8 Å². The molecule has 5 nitrogen and oxygen atoms in total. The topological polar surface area (TPSA) is 78.4 Å². The van der Waals surface area contributed by atoms with Crippen molar-refractivity contribution in [1.82, 2.24) is 5.32 Å². The van der Waals surface area contributed by atoms with E-state index in [1.807, 2.05) is 30.5 Å². The molecule has 0 atom stereocenters. The molecule has 1 aromatic rings. The van der Waals surface area contributed by atoms with E-state index in [0.717, 1.165) is 10.6 Å². The molecule has 104 valence electrons. The SMILES string of the molecule is CSc1ccccc1NC(=O)CNCCCC(=O)O. The molecule has 0 heterocycles. The molecule has 0 aliphatic carbocycles. The summed E-state index contributed by atoms with van der Waals surface area (Å²) in [7, 11) is 0. The van der Waals surface area contributed by atoms with E-state index in [-0.39, 0.29) is 18.9 Å². The zero-order valence-corrected chi connectivity index (χ0v) is 11.6. The van der Waals surface area contributed by atoms with Crippen molar-refractivity contribution in [2.75, 3.05) is 24.7 Å². The van der Waals surface area contributed by atoms with Crippen LogP contribution in [0.5, 0.6) is 0 Å². The largest absolute Gasteiger partial charge is 0.481 e. The standard InChI is InChI=1S/C13H18N2O3S/c1-19-11-6-3-2-5-10(11)15-12(16)9-14-8-4-7-13(17)18/h2-3,5-6,14H,4,7-9H2,1H3,(H,15,16)(H,17,18). The van der Waals surface area contributed by atoms with Gasteiger partial charge in [0, 0.05) is 11.3 Å². The summed E-state index contributed by atoms with van der Waals surface area (Å²) in [5.74, 6) is -0.947. The first-order chi connectivity index (χ1) is 9.13. The molecule has 0 saturated heterocycles. The zero-order valence-electron chi connectivity index (χ0n) is 10.8. The molecular weight excluding hydrogens is 264 g/mol. The highest BCUT2D eigenvalue weighted by Crippen LogP contribution is 2.24. The van der Waals surface area contributed by atoms with Gasteiger partial charge in [0.25, 0.3) is 0 Å². The van der Waals surface area contributed by atoms with Crippen molar-refractivity contribution in [3.8, 4) is 0 Å². The maximum Gasteiger partial charge on any atom is 0.303 e. The molecule has 0 aliphatic rings. The fourth-order valence-electron chi connectivity index (χ4n) is 1.51. The van der Waals surface area contributed by atoms with Crippen molar-refractivity contribution in [3.63, 3.8) is 0 Å². The Bertz CT molecular complexity index is 438. The summed E-state index contributed by atoms with van der Waals surface area (Å²) in [5, 5.41) is 14.2. The second kappa shape index (κ2) is 8.55. The Morgan fingerprint density at radius 1 is 1.32 bits per heavy atom. The predicted molar refractivity (Wildman–Crippen MR) is 76.6 cm³/mol. The maximum absolute atomic E-state index is 11.7. The minimum absolute atomic E-state index is 0.115. The molecule has 0 fully saturated rings. The molecular formula is C13H18N2O3S. The van der Waals surface area contributed by atoms with Crippen LogP contribution in [0.2, 0.25) is 0 Å². The summed E-state index contributed by atoms with van der Waals surface area (Å²) in [5.41, 5.74) is 0.798. The summed E-state index contributed by atoms with van der Waals surface area (Å²) in [6, 6.07) is 7.59. The monoisotopic (exact) mass is 282 g/mol. The fraction of sp³-hybridized carbons (Fsp3) is 0.385. The third-order valence-corrected chi connectivity index (χ3v) is 3.21. The number of carbonyl (C=O) groups is 2. The summed E-state index contributed by atoms with van der Waals surface area (Å²) in [6.45, 7) is 0.701. The highest BCUT2D eigenvalue weighted by Gasteiger charge is 2.05. The smallest absolute Gasteiger partial charge is 0.303 e. The van der Waals surface area contributed by atoms with Crippen molar-refractivity contribution >= 4 is 29.3 Å². The molecule has 0 saturated carbocycles. The van der Waals surface area contributed by atoms with Gasteiger partial charge in [0.15, 0.2) is 0 Å². The van der Waals surface area contributed by atoms with E-state index >= 15 is 0 Å². The molecule has 19 heavy (non-hydrogen) atoms. The minimum Gasteiger partial charge on any atom is -0.481 e. The first-order valence-corrected chi connectivity index (χ1v) is 7.21. The average molecular weight is 282 g/mol. The number of nitrogens with one attached hydrogen (secondary N) is 2. The second-order valence-electron chi connectivity index (χ2n) is 3.92. The number of aliphatic carboxylic acids is 1. The van der Waals surface area contributed by atoms with Crippen molar-refractivity contribution in [2.24, 2.45) is 0 Å². The molecule has 0 unspecified atom stereocenters. The Morgan fingerprint density at radius 3 is 2.74 bits per heavy atom. The summed E-state index contributed by atoms with van der Waals surface area (Å²) < 4.78 is 0. The van der Waals surface area contributed by atoms with Gasteiger partial charge in [0.2, 0.25) is 5.91 Å². The van der Waals surface area contributed by atoms with Crippen LogP contribution in [0.25, 0.3) is 0 Å². The van der Waals surface area contributed by atoms with Crippen LogP contribution in [-0.2, 0) is 9.59 Å². The highest BCUT2D eigenvalue weighted by atomic mass is 32.2. The van der Waals surface area contributed by atoms with E-state index in [4.69, 9.17) is 5.11 Å². The van der Waals surface area contributed by atoms with Gasteiger partial charge in [-0.2, -0.15) is 0 Å². The maximum atomic E-state index is 11.7. The van der Waals surface area contributed by atoms with E-state index < -0.39 is 5.97 Å². The van der Waals surface area contributed by atoms with Gasteiger partial charge < -0.3 is 15.7 Å². The first-order valence-electron chi connectivity index (χ1n) is 5.99. The van der Waals surface area contributed by atoms with Crippen LogP contribution >= 0.6 is 11.8 Å². The Balaban J connectivity index is 2.29. The fourth-order valence-corrected chi connectivity index (χ4v) is 2.06. The number of anilines is 1. The van der Waals surface area contributed by atoms with Crippen LogP contribution < -0.4 is 10.6 Å². The first kappa shape index (κ1) is 15.5. The quantitative estimate of drug-likeness (QED) is 0.500. The Kier molecular flexibility index (Phi) is 6.99. The van der Waals surface area contributed by atoms with Gasteiger partial charge in [0.05, 0.1) is 12.2 Å². The Morgan fingerprint density at radius 2 is 2.05 bits per heavy atom. The van der Waals surface area contributed by atoms with E-state index in [9.17, 15) is 9.59 Å². The third-order valence-electron chi connectivity index (χ3n) is 2.41. The lowest BCUT2D eigenvalue weighted by atomic mass is 10.3. The number of hydrogen-bond acceptors (Lipinski definition) is 4. The number of benzene rings is 1. The van der Waals surface area contributed by atoms with E-state index in [0.29, 0.717) is 13.0 Å². The van der Waals surface area contributed by atoms with Crippen molar-refractivity contribution < 1.29 is 14.7 Å². The molecule has 3 N–H and O–H groups in total. The number of carbonyl (C=O) groups excluding carboxylic acids is 1. The predicted octanol–water partition coefficient (Wildman–Crippen LogP) is 1.80.